The predicted octanol–water partition coefficient (Wildman–Crippen LogP) is 1.48. The molecule has 1 rings (SSSR count). The summed E-state index contributed by atoms with van der Waals surface area (Å²) < 4.78 is 29.6. The van der Waals surface area contributed by atoms with E-state index in [1.165, 1.54) is 24.3 Å². The van der Waals surface area contributed by atoms with Gasteiger partial charge < -0.3 is 0 Å². The second kappa shape index (κ2) is 4.56. The van der Waals surface area contributed by atoms with Crippen LogP contribution in [-0.2, 0) is 32.5 Å². The van der Waals surface area contributed by atoms with Crippen molar-refractivity contribution in [1.29, 1.82) is 0 Å². The summed E-state index contributed by atoms with van der Waals surface area (Å²) in [7, 11) is -4.13. The van der Waals surface area contributed by atoms with Crippen LogP contribution in [-0.4, -0.2) is 13.0 Å². The molecule has 4 nitrogen and oxygen atoms in total. The van der Waals surface area contributed by atoms with Gasteiger partial charge in [0.2, 0.25) is 0 Å². The van der Waals surface area contributed by atoms with E-state index < -0.39 is 10.1 Å². The number of hydrogen-bond donors (Lipinski definition) is 1. The molecular formula is C7H5AgNO3S. The van der Waals surface area contributed by atoms with Gasteiger partial charge in [-0.15, -0.1) is 0 Å². The molecule has 0 fully saturated rings. The Balaban J connectivity index is 0.00000144. The van der Waals surface area contributed by atoms with Gasteiger partial charge in [-0.05, 0) is 0 Å². The Labute approximate surface area is 91.7 Å². The molecule has 73 valence electrons. The minimum atomic E-state index is -4.13. The van der Waals surface area contributed by atoms with Crippen LogP contribution in [0, 0.1) is 6.57 Å². The van der Waals surface area contributed by atoms with Crippen molar-refractivity contribution in [3.63, 3.8) is 0 Å². The monoisotopic (exact) mass is 290 g/mol. The van der Waals surface area contributed by atoms with Gasteiger partial charge in [-0.3, -0.25) is 4.55 Å². The van der Waals surface area contributed by atoms with E-state index in [1.807, 2.05) is 0 Å². The maximum absolute atomic E-state index is 10.5. The molecular weight excluding hydrogens is 286 g/mol. The van der Waals surface area contributed by atoms with E-state index >= 15 is 0 Å². The molecule has 1 N–H and O–H groups in total. The van der Waals surface area contributed by atoms with Gasteiger partial charge in [-0.2, -0.15) is 8.42 Å². The molecule has 1 aromatic rings. The average molecular weight is 291 g/mol. The van der Waals surface area contributed by atoms with Gasteiger partial charge in [0.25, 0.3) is 10.1 Å². The fraction of sp³-hybridized carbons (Fsp3) is 0. The molecule has 0 heterocycles. The molecule has 0 amide bonds. The van der Waals surface area contributed by atoms with Crippen LogP contribution >= 0.6 is 0 Å². The first-order valence-corrected chi connectivity index (χ1v) is 4.43. The van der Waals surface area contributed by atoms with Crippen LogP contribution in [0.4, 0.5) is 5.69 Å². The fourth-order valence-electron chi connectivity index (χ4n) is 0.693. The van der Waals surface area contributed by atoms with Crippen molar-refractivity contribution in [1.82, 2.24) is 0 Å². The van der Waals surface area contributed by atoms with Crippen LogP contribution in [0.1, 0.15) is 0 Å². The van der Waals surface area contributed by atoms with E-state index in [0.29, 0.717) is 5.69 Å². The third-order valence-corrected chi connectivity index (χ3v) is 2.13. The Kier molecular flexibility index (Phi) is 4.33. The quantitative estimate of drug-likeness (QED) is 0.484. The van der Waals surface area contributed by atoms with Gasteiger partial charge in [0.1, 0.15) is 0 Å². The van der Waals surface area contributed by atoms with E-state index in [9.17, 15) is 8.42 Å². The van der Waals surface area contributed by atoms with Crippen molar-refractivity contribution < 1.29 is 35.4 Å². The maximum Gasteiger partial charge on any atom is 0.294 e. The Morgan fingerprint density at radius 2 is 1.69 bits per heavy atom. The minimum absolute atomic E-state index is 0. The Morgan fingerprint density at radius 3 is 2.00 bits per heavy atom. The summed E-state index contributed by atoms with van der Waals surface area (Å²) in [5.41, 5.74) is 0.336. The van der Waals surface area contributed by atoms with E-state index in [1.54, 1.807) is 0 Å². The second-order valence-electron chi connectivity index (χ2n) is 2.08. The van der Waals surface area contributed by atoms with E-state index in [0.717, 1.165) is 0 Å². The molecule has 0 aliphatic heterocycles. The third kappa shape index (κ3) is 3.30. The number of rotatable bonds is 1. The molecule has 6 heteroatoms. The zero-order valence-electron chi connectivity index (χ0n) is 6.23. The largest absolute Gasteiger partial charge is 0.294 e. The Morgan fingerprint density at radius 1 is 1.23 bits per heavy atom. The summed E-state index contributed by atoms with van der Waals surface area (Å²) in [6.45, 7) is 6.58. The number of benzene rings is 1. The summed E-state index contributed by atoms with van der Waals surface area (Å²) in [5, 5.41) is 0. The SMILES string of the molecule is [Ag].[C-]#[N+]c1ccc(S(=O)(=O)O)cc1. The van der Waals surface area contributed by atoms with Crippen molar-refractivity contribution in [3.05, 3.63) is 35.7 Å². The number of hydrogen-bond acceptors (Lipinski definition) is 2. The minimum Gasteiger partial charge on any atom is -0.282 e. The fourth-order valence-corrected chi connectivity index (χ4v) is 1.17. The normalized spacial score (nSPS) is 9.85. The van der Waals surface area contributed by atoms with Crippen LogP contribution in [0.5, 0.6) is 0 Å². The summed E-state index contributed by atoms with van der Waals surface area (Å²) >= 11 is 0. The average Bonchev–Trinajstić information content (AvgIpc) is 2.03. The Hall–Kier alpha value is -0.640. The molecule has 0 aromatic heterocycles. The zero-order valence-corrected chi connectivity index (χ0v) is 8.53. The van der Waals surface area contributed by atoms with Gasteiger partial charge >= 0.3 is 0 Å². The first-order chi connectivity index (χ1) is 5.54. The van der Waals surface area contributed by atoms with Crippen LogP contribution in [0.2, 0.25) is 0 Å². The molecule has 13 heavy (non-hydrogen) atoms. The first kappa shape index (κ1) is 12.4. The third-order valence-electron chi connectivity index (χ3n) is 1.26. The summed E-state index contributed by atoms with van der Waals surface area (Å²) in [5.74, 6) is 0. The molecule has 0 saturated carbocycles. The van der Waals surface area contributed by atoms with Crippen molar-refractivity contribution in [2.45, 2.75) is 4.90 Å². The standard InChI is InChI=1S/C7H5NO3S.Ag/c1-8-6-2-4-7(5-3-6)12(9,10)11;/h2-5H,(H,9,10,11);. The summed E-state index contributed by atoms with van der Waals surface area (Å²) in [6.07, 6.45) is 0. The van der Waals surface area contributed by atoms with Crippen LogP contribution in [0.3, 0.4) is 0 Å². The van der Waals surface area contributed by atoms with Crippen molar-refractivity contribution in [2.24, 2.45) is 0 Å². The van der Waals surface area contributed by atoms with E-state index in [-0.39, 0.29) is 27.3 Å². The molecule has 0 saturated heterocycles. The van der Waals surface area contributed by atoms with Crippen molar-refractivity contribution >= 4 is 15.8 Å². The summed E-state index contributed by atoms with van der Waals surface area (Å²) in [4.78, 5) is 2.87. The molecule has 0 aliphatic carbocycles. The molecule has 1 aromatic carbocycles. The first-order valence-electron chi connectivity index (χ1n) is 2.99. The van der Waals surface area contributed by atoms with Gasteiger partial charge in [0.15, 0.2) is 5.69 Å². The predicted molar refractivity (Wildman–Crippen MR) is 42.5 cm³/mol. The molecule has 1 radical (unpaired) electrons. The molecule has 0 spiro atoms. The van der Waals surface area contributed by atoms with Gasteiger partial charge in [-0.1, -0.05) is 24.3 Å². The van der Waals surface area contributed by atoms with Crippen LogP contribution in [0.15, 0.2) is 29.2 Å². The van der Waals surface area contributed by atoms with Crippen molar-refractivity contribution in [3.8, 4) is 0 Å². The van der Waals surface area contributed by atoms with E-state index in [4.69, 9.17) is 11.1 Å². The molecule has 0 bridgehead atoms. The van der Waals surface area contributed by atoms with E-state index in [2.05, 4.69) is 4.85 Å². The molecule has 0 aliphatic rings. The van der Waals surface area contributed by atoms with Crippen LogP contribution in [0.25, 0.3) is 4.85 Å². The van der Waals surface area contributed by atoms with Crippen LogP contribution < -0.4 is 0 Å². The van der Waals surface area contributed by atoms with Crippen molar-refractivity contribution in [2.75, 3.05) is 0 Å². The smallest absolute Gasteiger partial charge is 0.282 e. The Bertz CT molecular complexity index is 418. The molecule has 0 atom stereocenters. The molecule has 0 unspecified atom stereocenters. The number of nitrogens with zero attached hydrogens (tertiary/aromatic N) is 1. The second-order valence-corrected chi connectivity index (χ2v) is 3.50. The maximum atomic E-state index is 10.5. The van der Waals surface area contributed by atoms with Gasteiger partial charge in [0, 0.05) is 22.4 Å². The topological polar surface area (TPSA) is 58.7 Å². The van der Waals surface area contributed by atoms with Gasteiger partial charge in [-0.25, -0.2) is 4.85 Å². The van der Waals surface area contributed by atoms with Gasteiger partial charge in [0.05, 0.1) is 11.5 Å². The zero-order chi connectivity index (χ0) is 9.19. The summed E-state index contributed by atoms with van der Waals surface area (Å²) in [6, 6.07) is 5.03.